The van der Waals surface area contributed by atoms with Gasteiger partial charge in [0.25, 0.3) is 0 Å². The molecule has 7 N–H and O–H groups in total. The third-order valence-corrected chi connectivity index (χ3v) is 4.43. The molecule has 0 bridgehead atoms. The molecule has 3 atom stereocenters. The van der Waals surface area contributed by atoms with Crippen LogP contribution in [-0.4, -0.2) is 86.6 Å². The minimum atomic E-state index is -1.22. The Kier molecular flexibility index (Phi) is 7.46. The van der Waals surface area contributed by atoms with Crippen molar-refractivity contribution in [3.8, 4) is 0 Å². The number of carboxylic acids is 1. The molecule has 12 nitrogen and oxygen atoms in total. The fraction of sp³-hybridized carbons (Fsp3) is 0.562. The van der Waals surface area contributed by atoms with E-state index in [-0.39, 0.29) is 19.5 Å². The van der Waals surface area contributed by atoms with E-state index >= 15 is 0 Å². The molecular weight excluding hydrogens is 372 g/mol. The van der Waals surface area contributed by atoms with Crippen molar-refractivity contribution in [2.24, 2.45) is 5.73 Å². The first-order valence-electron chi connectivity index (χ1n) is 8.78. The van der Waals surface area contributed by atoms with Gasteiger partial charge in [0.15, 0.2) is 0 Å². The smallest absolute Gasteiger partial charge is 0.326 e. The van der Waals surface area contributed by atoms with E-state index < -0.39 is 48.4 Å². The number of nitrogens with two attached hydrogens (primary N) is 1. The molecule has 1 aliphatic heterocycles. The average molecular weight is 396 g/mol. The number of hydrogen-bond acceptors (Lipinski definition) is 7. The predicted octanol–water partition coefficient (Wildman–Crippen LogP) is -3.05. The molecule has 154 valence electrons. The van der Waals surface area contributed by atoms with Crippen molar-refractivity contribution in [3.05, 3.63) is 18.2 Å². The molecule has 0 radical (unpaired) electrons. The fourth-order valence-electron chi connectivity index (χ4n) is 3.03. The summed E-state index contributed by atoms with van der Waals surface area (Å²) in [5.41, 5.74) is 5.74. The van der Waals surface area contributed by atoms with Gasteiger partial charge in [0, 0.05) is 24.9 Å². The number of amides is 3. The maximum Gasteiger partial charge on any atom is 0.326 e. The van der Waals surface area contributed by atoms with Crippen LogP contribution in [0.2, 0.25) is 0 Å². The van der Waals surface area contributed by atoms with Crippen LogP contribution < -0.4 is 16.4 Å². The van der Waals surface area contributed by atoms with Gasteiger partial charge < -0.3 is 36.5 Å². The molecule has 2 rings (SSSR count). The highest BCUT2D eigenvalue weighted by molar-refractivity contribution is 5.94. The van der Waals surface area contributed by atoms with Crippen LogP contribution in [0.5, 0.6) is 0 Å². The first-order chi connectivity index (χ1) is 13.4. The highest BCUT2D eigenvalue weighted by atomic mass is 16.4. The molecule has 1 fully saturated rings. The van der Waals surface area contributed by atoms with Gasteiger partial charge in [-0.15, -0.1) is 0 Å². The Bertz CT molecular complexity index is 708. The summed E-state index contributed by atoms with van der Waals surface area (Å²) >= 11 is 0. The Hall–Kier alpha value is -2.99. The van der Waals surface area contributed by atoms with E-state index in [4.69, 9.17) is 5.73 Å². The monoisotopic (exact) mass is 396 g/mol. The zero-order chi connectivity index (χ0) is 20.7. The van der Waals surface area contributed by atoms with E-state index in [0.29, 0.717) is 18.5 Å². The number of aliphatic hydroxyl groups is 1. The molecule has 3 unspecified atom stereocenters. The van der Waals surface area contributed by atoms with Gasteiger partial charge in [-0.25, -0.2) is 9.78 Å². The number of aliphatic carboxylic acids is 1. The Morgan fingerprint density at radius 1 is 1.32 bits per heavy atom. The molecule has 28 heavy (non-hydrogen) atoms. The number of rotatable bonds is 9. The lowest BCUT2D eigenvalue weighted by molar-refractivity contribution is -0.145. The topological polar surface area (TPSA) is 191 Å². The minimum absolute atomic E-state index is 0.00750. The molecule has 12 heteroatoms. The molecule has 1 aliphatic rings. The Balaban J connectivity index is 2.05. The van der Waals surface area contributed by atoms with Gasteiger partial charge in [-0.05, 0) is 12.8 Å². The van der Waals surface area contributed by atoms with Crippen molar-refractivity contribution in [3.63, 3.8) is 0 Å². The zero-order valence-corrected chi connectivity index (χ0v) is 15.1. The summed E-state index contributed by atoms with van der Waals surface area (Å²) in [6.45, 7) is -0.737. The molecule has 0 saturated carbocycles. The maximum absolute atomic E-state index is 12.6. The molecule has 0 spiro atoms. The number of aromatic nitrogens is 2. The summed E-state index contributed by atoms with van der Waals surface area (Å²) in [6.07, 6.45) is 3.74. The van der Waals surface area contributed by atoms with Crippen molar-refractivity contribution in [1.82, 2.24) is 25.5 Å². The first kappa shape index (κ1) is 21.3. The number of carboxylic acid groups (broad SMARTS) is 1. The number of hydrogen-bond donors (Lipinski definition) is 6. The molecule has 1 saturated heterocycles. The summed E-state index contributed by atoms with van der Waals surface area (Å²) in [5, 5.41) is 23.5. The number of H-pyrrole nitrogens is 1. The molecular formula is C16H24N6O6. The van der Waals surface area contributed by atoms with Crippen molar-refractivity contribution >= 4 is 23.7 Å². The van der Waals surface area contributed by atoms with Crippen molar-refractivity contribution in [2.45, 2.75) is 37.4 Å². The lowest BCUT2D eigenvalue weighted by Crippen LogP contribution is -2.57. The highest BCUT2D eigenvalue weighted by Gasteiger charge is 2.38. The van der Waals surface area contributed by atoms with E-state index in [0.717, 1.165) is 0 Å². The van der Waals surface area contributed by atoms with Crippen LogP contribution in [0.1, 0.15) is 18.5 Å². The van der Waals surface area contributed by atoms with Crippen LogP contribution in [0.15, 0.2) is 12.5 Å². The minimum Gasteiger partial charge on any atom is -0.480 e. The Morgan fingerprint density at radius 3 is 2.64 bits per heavy atom. The predicted molar refractivity (Wildman–Crippen MR) is 94.7 cm³/mol. The SMILES string of the molecule is NCC(=O)NC(CO)C(=O)N1CCCC1C(=O)NC(Cc1cnc[nH]1)C(=O)O. The summed E-state index contributed by atoms with van der Waals surface area (Å²) in [5.74, 6) is -3.07. The number of nitrogens with one attached hydrogen (secondary N) is 3. The van der Waals surface area contributed by atoms with Gasteiger partial charge in [0.1, 0.15) is 18.1 Å². The Labute approximate surface area is 160 Å². The van der Waals surface area contributed by atoms with Gasteiger partial charge in [-0.1, -0.05) is 0 Å². The van der Waals surface area contributed by atoms with Crippen LogP contribution in [0.4, 0.5) is 0 Å². The van der Waals surface area contributed by atoms with Gasteiger partial charge in [-0.2, -0.15) is 0 Å². The number of carbonyl (C=O) groups excluding carboxylic acids is 3. The molecule has 3 amide bonds. The lowest BCUT2D eigenvalue weighted by Gasteiger charge is -2.28. The fourth-order valence-corrected chi connectivity index (χ4v) is 3.03. The number of likely N-dealkylation sites (tertiary alicyclic amines) is 1. The summed E-state index contributed by atoms with van der Waals surface area (Å²) in [4.78, 5) is 56.0. The molecule has 0 aliphatic carbocycles. The van der Waals surface area contributed by atoms with E-state index in [1.54, 1.807) is 0 Å². The molecule has 1 aromatic rings. The number of nitrogens with zero attached hydrogens (tertiary/aromatic N) is 2. The van der Waals surface area contributed by atoms with Crippen LogP contribution in [0.3, 0.4) is 0 Å². The van der Waals surface area contributed by atoms with Gasteiger partial charge >= 0.3 is 5.97 Å². The third kappa shape index (κ3) is 5.27. The largest absolute Gasteiger partial charge is 0.480 e. The lowest BCUT2D eigenvalue weighted by atomic mass is 10.1. The highest BCUT2D eigenvalue weighted by Crippen LogP contribution is 2.19. The second kappa shape index (κ2) is 9.80. The summed E-state index contributed by atoms with van der Waals surface area (Å²) < 4.78 is 0. The van der Waals surface area contributed by atoms with Crippen LogP contribution in [-0.2, 0) is 25.6 Å². The second-order valence-corrected chi connectivity index (χ2v) is 6.38. The molecule has 2 heterocycles. The van der Waals surface area contributed by atoms with Crippen molar-refractivity contribution < 1.29 is 29.4 Å². The molecule has 0 aromatic carbocycles. The number of aliphatic hydroxyl groups excluding tert-OH is 1. The van der Waals surface area contributed by atoms with Crippen LogP contribution >= 0.6 is 0 Å². The third-order valence-electron chi connectivity index (χ3n) is 4.43. The Morgan fingerprint density at radius 2 is 2.07 bits per heavy atom. The number of aromatic amines is 1. The second-order valence-electron chi connectivity index (χ2n) is 6.38. The summed E-state index contributed by atoms with van der Waals surface area (Å²) in [7, 11) is 0. The van der Waals surface area contributed by atoms with Crippen molar-refractivity contribution in [1.29, 1.82) is 0 Å². The van der Waals surface area contributed by atoms with Crippen LogP contribution in [0.25, 0.3) is 0 Å². The number of carbonyl (C=O) groups is 4. The normalized spacial score (nSPS) is 18.4. The van der Waals surface area contributed by atoms with Crippen LogP contribution in [0, 0.1) is 0 Å². The van der Waals surface area contributed by atoms with E-state index in [1.807, 2.05) is 0 Å². The quantitative estimate of drug-likeness (QED) is 0.253. The van der Waals surface area contributed by atoms with Crippen molar-refractivity contribution in [2.75, 3.05) is 19.7 Å². The van der Waals surface area contributed by atoms with Gasteiger partial charge in [0.2, 0.25) is 17.7 Å². The van der Waals surface area contributed by atoms with Gasteiger partial charge in [-0.3, -0.25) is 14.4 Å². The molecule has 1 aromatic heterocycles. The summed E-state index contributed by atoms with van der Waals surface area (Å²) in [6, 6.07) is -3.30. The van der Waals surface area contributed by atoms with E-state index in [1.165, 1.54) is 17.4 Å². The maximum atomic E-state index is 12.6. The van der Waals surface area contributed by atoms with E-state index in [9.17, 15) is 29.4 Å². The first-order valence-corrected chi connectivity index (χ1v) is 8.78. The van der Waals surface area contributed by atoms with E-state index in [2.05, 4.69) is 20.6 Å². The average Bonchev–Trinajstić information content (AvgIpc) is 3.36. The van der Waals surface area contributed by atoms with Gasteiger partial charge in [0.05, 0.1) is 19.5 Å². The zero-order valence-electron chi connectivity index (χ0n) is 15.1. The standard InChI is InChI=1S/C16H24N6O6/c17-5-13(24)20-11(7-23)15(26)22-3-1-2-12(22)14(25)21-10(16(27)28)4-9-6-18-8-19-9/h6,8,10-12,23H,1-5,7,17H2,(H,18,19)(H,20,24)(H,21,25)(H,27,28). The number of imidazole rings is 1.